The normalized spacial score (nSPS) is 26.7. The molecule has 2 atom stereocenters. The molecule has 2 N–H and O–H groups in total. The highest BCUT2D eigenvalue weighted by atomic mass is 16.4. The molecule has 5 rings (SSSR count). The van der Waals surface area contributed by atoms with Crippen LogP contribution in [0.5, 0.6) is 0 Å². The second kappa shape index (κ2) is 7.58. The van der Waals surface area contributed by atoms with Crippen LogP contribution in [0.3, 0.4) is 0 Å². The van der Waals surface area contributed by atoms with Crippen LogP contribution >= 0.6 is 0 Å². The van der Waals surface area contributed by atoms with E-state index in [9.17, 15) is 14.7 Å². The van der Waals surface area contributed by atoms with Crippen LogP contribution in [0, 0.1) is 17.3 Å². The van der Waals surface area contributed by atoms with Gasteiger partial charge in [-0.15, -0.1) is 0 Å². The first-order valence-electron chi connectivity index (χ1n) is 10.8. The smallest absolute Gasteiger partial charge is 0.303 e. The number of carboxylic acids is 1. The van der Waals surface area contributed by atoms with Crippen molar-refractivity contribution in [2.75, 3.05) is 26.2 Å². The van der Waals surface area contributed by atoms with Gasteiger partial charge in [-0.05, 0) is 43.4 Å². The van der Waals surface area contributed by atoms with Gasteiger partial charge in [-0.25, -0.2) is 0 Å². The molecular formula is C22H28N4O4. The number of rotatable bonds is 7. The lowest BCUT2D eigenvalue weighted by Gasteiger charge is -2.32. The van der Waals surface area contributed by atoms with Gasteiger partial charge < -0.3 is 14.4 Å². The third-order valence-corrected chi connectivity index (χ3v) is 7.24. The van der Waals surface area contributed by atoms with Gasteiger partial charge in [-0.1, -0.05) is 6.42 Å². The standard InChI is InChI=1S/C22H28N4O4/c27-20(28)6-8-22-13-25(12-17-4-5-19(30-17)18-7-9-23-24-18)10-16(22)11-26(14-22)21(29)15-2-1-3-15/h4-5,7,9,15-16H,1-3,6,8,10-14H2,(H,23,24)(H,27,28)/t16-,22+/m0/s1. The Hall–Kier alpha value is -2.61. The lowest BCUT2D eigenvalue weighted by molar-refractivity contribution is -0.137. The number of fused-ring (bicyclic) bond motifs is 1. The number of hydrogen-bond donors (Lipinski definition) is 2. The molecular weight excluding hydrogens is 384 g/mol. The maximum absolute atomic E-state index is 12.8. The molecule has 2 aromatic heterocycles. The SMILES string of the molecule is O=C(O)CC[C@]12CN(Cc3ccc(-c4ccn[nH]4)o3)C[C@H]1CN(C(=O)C1CCC1)C2. The maximum Gasteiger partial charge on any atom is 0.303 e. The van der Waals surface area contributed by atoms with Gasteiger partial charge in [0, 0.05) is 50.1 Å². The van der Waals surface area contributed by atoms with Gasteiger partial charge in [-0.2, -0.15) is 5.10 Å². The zero-order chi connectivity index (χ0) is 20.7. The fourth-order valence-corrected chi connectivity index (χ4v) is 5.43. The summed E-state index contributed by atoms with van der Waals surface area (Å²) in [4.78, 5) is 28.5. The Morgan fingerprint density at radius 3 is 2.80 bits per heavy atom. The number of hydrogen-bond acceptors (Lipinski definition) is 5. The molecule has 8 heteroatoms. The minimum atomic E-state index is -0.763. The van der Waals surface area contributed by atoms with Crippen LogP contribution in [0.15, 0.2) is 28.8 Å². The van der Waals surface area contributed by atoms with Crippen LogP contribution in [0.25, 0.3) is 11.5 Å². The average molecular weight is 412 g/mol. The van der Waals surface area contributed by atoms with E-state index in [1.54, 1.807) is 6.20 Å². The maximum atomic E-state index is 12.8. The van der Waals surface area contributed by atoms with Crippen LogP contribution in [0.4, 0.5) is 0 Å². The number of furan rings is 1. The molecule has 0 aromatic carbocycles. The Morgan fingerprint density at radius 1 is 1.23 bits per heavy atom. The summed E-state index contributed by atoms with van der Waals surface area (Å²) < 4.78 is 5.98. The molecule has 1 amide bonds. The van der Waals surface area contributed by atoms with Gasteiger partial charge >= 0.3 is 5.97 Å². The van der Waals surface area contributed by atoms with E-state index in [-0.39, 0.29) is 23.7 Å². The molecule has 0 unspecified atom stereocenters. The Bertz CT molecular complexity index is 919. The number of carbonyl (C=O) groups is 2. The van der Waals surface area contributed by atoms with Crippen LogP contribution in [-0.4, -0.2) is 63.2 Å². The first-order chi connectivity index (χ1) is 14.5. The molecule has 1 aliphatic carbocycles. The number of H-pyrrole nitrogens is 1. The predicted molar refractivity (Wildman–Crippen MR) is 108 cm³/mol. The fraction of sp³-hybridized carbons (Fsp3) is 0.591. The van der Waals surface area contributed by atoms with Crippen molar-refractivity contribution < 1.29 is 19.1 Å². The van der Waals surface area contributed by atoms with Crippen molar-refractivity contribution in [2.24, 2.45) is 17.3 Å². The number of nitrogens with zero attached hydrogens (tertiary/aromatic N) is 3. The summed E-state index contributed by atoms with van der Waals surface area (Å²) in [5.41, 5.74) is 0.721. The predicted octanol–water partition coefficient (Wildman–Crippen LogP) is 2.60. The number of amides is 1. The Labute approximate surface area is 175 Å². The number of aromatic nitrogens is 2. The molecule has 3 aliphatic rings. The quantitative estimate of drug-likeness (QED) is 0.725. The van der Waals surface area contributed by atoms with Crippen molar-refractivity contribution in [1.82, 2.24) is 20.0 Å². The van der Waals surface area contributed by atoms with Crippen molar-refractivity contribution in [3.8, 4) is 11.5 Å². The summed E-state index contributed by atoms with van der Waals surface area (Å²) in [6.45, 7) is 3.81. The zero-order valence-corrected chi connectivity index (χ0v) is 17.0. The number of likely N-dealkylation sites (tertiary alicyclic amines) is 2. The van der Waals surface area contributed by atoms with E-state index in [4.69, 9.17) is 4.42 Å². The minimum Gasteiger partial charge on any atom is -0.481 e. The summed E-state index contributed by atoms with van der Waals surface area (Å²) in [6, 6.07) is 5.80. The lowest BCUT2D eigenvalue weighted by atomic mass is 9.77. The molecule has 30 heavy (non-hydrogen) atoms. The minimum absolute atomic E-state index is 0.128. The van der Waals surface area contributed by atoms with Gasteiger partial charge in [-0.3, -0.25) is 19.6 Å². The molecule has 160 valence electrons. The second-order valence-electron chi connectivity index (χ2n) is 9.21. The summed E-state index contributed by atoms with van der Waals surface area (Å²) in [6.07, 6.45) is 5.63. The van der Waals surface area contributed by atoms with Gasteiger partial charge in [0.15, 0.2) is 5.76 Å². The highest BCUT2D eigenvalue weighted by molar-refractivity contribution is 5.80. The Kier molecular flexibility index (Phi) is 4.89. The fourth-order valence-electron chi connectivity index (χ4n) is 5.43. The number of aliphatic carboxylic acids is 1. The first-order valence-corrected chi connectivity index (χ1v) is 10.8. The summed E-state index contributed by atoms with van der Waals surface area (Å²) >= 11 is 0. The van der Waals surface area contributed by atoms with E-state index in [0.29, 0.717) is 25.4 Å². The van der Waals surface area contributed by atoms with E-state index in [0.717, 1.165) is 56.1 Å². The van der Waals surface area contributed by atoms with E-state index >= 15 is 0 Å². The lowest BCUT2D eigenvalue weighted by Crippen LogP contribution is -2.41. The molecule has 3 fully saturated rings. The molecule has 1 saturated carbocycles. The molecule has 8 nitrogen and oxygen atoms in total. The average Bonchev–Trinajstić information content (AvgIpc) is 3.42. The number of carbonyl (C=O) groups excluding carboxylic acids is 1. The van der Waals surface area contributed by atoms with Crippen LogP contribution < -0.4 is 0 Å². The Balaban J connectivity index is 1.27. The van der Waals surface area contributed by atoms with E-state index in [2.05, 4.69) is 15.1 Å². The van der Waals surface area contributed by atoms with E-state index < -0.39 is 5.97 Å². The topological polar surface area (TPSA) is 103 Å². The van der Waals surface area contributed by atoms with Crippen molar-refractivity contribution in [1.29, 1.82) is 0 Å². The summed E-state index contributed by atoms with van der Waals surface area (Å²) in [7, 11) is 0. The van der Waals surface area contributed by atoms with Gasteiger partial charge in [0.05, 0.1) is 6.54 Å². The molecule has 0 spiro atoms. The van der Waals surface area contributed by atoms with E-state index in [1.807, 2.05) is 23.1 Å². The van der Waals surface area contributed by atoms with Gasteiger partial charge in [0.1, 0.15) is 11.5 Å². The van der Waals surface area contributed by atoms with Crippen molar-refractivity contribution >= 4 is 11.9 Å². The highest BCUT2D eigenvalue weighted by Gasteiger charge is 2.53. The first kappa shape index (κ1) is 19.4. The molecule has 2 saturated heterocycles. The molecule has 0 bridgehead atoms. The molecule has 4 heterocycles. The largest absolute Gasteiger partial charge is 0.481 e. The van der Waals surface area contributed by atoms with Crippen molar-refractivity contribution in [2.45, 2.75) is 38.6 Å². The molecule has 0 radical (unpaired) electrons. The van der Waals surface area contributed by atoms with Crippen LogP contribution in [0.1, 0.15) is 37.9 Å². The van der Waals surface area contributed by atoms with Gasteiger partial charge in [0.2, 0.25) is 5.91 Å². The number of nitrogens with one attached hydrogen (secondary N) is 1. The monoisotopic (exact) mass is 412 g/mol. The Morgan fingerprint density at radius 2 is 2.10 bits per heavy atom. The third-order valence-electron chi connectivity index (χ3n) is 7.24. The van der Waals surface area contributed by atoms with Crippen molar-refractivity contribution in [3.05, 3.63) is 30.2 Å². The third kappa shape index (κ3) is 3.53. The highest BCUT2D eigenvalue weighted by Crippen LogP contribution is 2.47. The van der Waals surface area contributed by atoms with Gasteiger partial charge in [0.25, 0.3) is 0 Å². The summed E-state index contributed by atoms with van der Waals surface area (Å²) in [5.74, 6) is 1.69. The second-order valence-corrected chi connectivity index (χ2v) is 9.21. The van der Waals surface area contributed by atoms with Crippen molar-refractivity contribution in [3.63, 3.8) is 0 Å². The summed E-state index contributed by atoms with van der Waals surface area (Å²) in [5, 5.41) is 16.1. The molecule has 2 aliphatic heterocycles. The van der Waals surface area contributed by atoms with Crippen LogP contribution in [-0.2, 0) is 16.1 Å². The number of aromatic amines is 1. The van der Waals surface area contributed by atoms with Crippen LogP contribution in [0.2, 0.25) is 0 Å². The number of carboxylic acid groups (broad SMARTS) is 1. The molecule has 2 aromatic rings. The van der Waals surface area contributed by atoms with E-state index in [1.165, 1.54) is 0 Å². The zero-order valence-electron chi connectivity index (χ0n) is 17.0.